The zero-order chi connectivity index (χ0) is 12.3. The molecule has 3 unspecified atom stereocenters. The highest BCUT2D eigenvalue weighted by Gasteiger charge is 2.43. The normalized spacial score (nSPS) is 34.2. The van der Waals surface area contributed by atoms with Crippen molar-refractivity contribution in [3.63, 3.8) is 0 Å². The van der Waals surface area contributed by atoms with E-state index in [-0.39, 0.29) is 11.7 Å². The summed E-state index contributed by atoms with van der Waals surface area (Å²) in [4.78, 5) is 19.6. The van der Waals surface area contributed by atoms with E-state index in [1.54, 1.807) is 0 Å². The van der Waals surface area contributed by atoms with E-state index in [2.05, 4.69) is 20.9 Å². The van der Waals surface area contributed by atoms with Gasteiger partial charge in [-0.25, -0.2) is 4.98 Å². The molecule has 1 aromatic rings. The standard InChI is InChI=1S/C13H15BrN2O2/c14-10-11(6-1-2-6)15-12(16-13(10)17)8-5-7-3-4-9(8)18-7/h6-9H,1-5H2,(H,15,16,17). The van der Waals surface area contributed by atoms with E-state index in [4.69, 9.17) is 9.72 Å². The first-order valence-corrected chi connectivity index (χ1v) is 7.46. The summed E-state index contributed by atoms with van der Waals surface area (Å²) in [5, 5.41) is 0. The van der Waals surface area contributed by atoms with Gasteiger partial charge >= 0.3 is 0 Å². The minimum Gasteiger partial charge on any atom is -0.374 e. The van der Waals surface area contributed by atoms with E-state index >= 15 is 0 Å². The molecule has 18 heavy (non-hydrogen) atoms. The first kappa shape index (κ1) is 11.2. The first-order valence-electron chi connectivity index (χ1n) is 6.67. The number of halogens is 1. The average molecular weight is 311 g/mol. The van der Waals surface area contributed by atoms with Crippen LogP contribution in [0.5, 0.6) is 0 Å². The molecule has 1 aliphatic carbocycles. The number of rotatable bonds is 2. The molecule has 1 aromatic heterocycles. The number of aromatic amines is 1. The van der Waals surface area contributed by atoms with Crippen LogP contribution in [-0.2, 0) is 4.74 Å². The zero-order valence-electron chi connectivity index (χ0n) is 9.99. The summed E-state index contributed by atoms with van der Waals surface area (Å²) in [7, 11) is 0. The van der Waals surface area contributed by atoms with Crippen LogP contribution >= 0.6 is 15.9 Å². The van der Waals surface area contributed by atoms with Gasteiger partial charge < -0.3 is 9.72 Å². The molecule has 2 saturated heterocycles. The Morgan fingerprint density at radius 3 is 2.72 bits per heavy atom. The summed E-state index contributed by atoms with van der Waals surface area (Å²) >= 11 is 3.37. The summed E-state index contributed by atoms with van der Waals surface area (Å²) in [5.74, 6) is 1.62. The van der Waals surface area contributed by atoms with E-state index in [9.17, 15) is 4.79 Å². The monoisotopic (exact) mass is 310 g/mol. The average Bonchev–Trinajstić information content (AvgIpc) is 2.99. The lowest BCUT2D eigenvalue weighted by molar-refractivity contribution is 0.0998. The number of ether oxygens (including phenoxy) is 1. The summed E-state index contributed by atoms with van der Waals surface area (Å²) in [6.07, 6.45) is 6.25. The van der Waals surface area contributed by atoms with Crippen molar-refractivity contribution < 1.29 is 4.74 Å². The third kappa shape index (κ3) is 1.67. The summed E-state index contributed by atoms with van der Waals surface area (Å²) in [5.41, 5.74) is 0.918. The number of hydrogen-bond acceptors (Lipinski definition) is 3. The molecule has 0 radical (unpaired) electrons. The SMILES string of the molecule is O=c1[nH]c(C2CC3CCC2O3)nc(C2CC2)c1Br. The molecule has 3 atom stereocenters. The van der Waals surface area contributed by atoms with Crippen molar-refractivity contribution in [1.29, 1.82) is 0 Å². The second-order valence-corrected chi connectivity index (χ2v) is 6.43. The van der Waals surface area contributed by atoms with Gasteiger partial charge in [-0.3, -0.25) is 4.79 Å². The minimum absolute atomic E-state index is 0.0373. The molecule has 2 aliphatic heterocycles. The third-order valence-electron chi connectivity index (χ3n) is 4.33. The molecule has 1 N–H and O–H groups in total. The third-order valence-corrected chi connectivity index (χ3v) is 5.09. The Kier molecular flexibility index (Phi) is 2.42. The quantitative estimate of drug-likeness (QED) is 0.913. The number of fused-ring (bicyclic) bond motifs is 2. The van der Waals surface area contributed by atoms with Crippen LogP contribution in [-0.4, -0.2) is 22.2 Å². The maximum absolute atomic E-state index is 12.0. The van der Waals surface area contributed by atoms with Gasteiger partial charge in [-0.05, 0) is 48.0 Å². The molecule has 2 bridgehead atoms. The Bertz CT molecular complexity index is 552. The van der Waals surface area contributed by atoms with Crippen LogP contribution in [0.4, 0.5) is 0 Å². The largest absolute Gasteiger partial charge is 0.374 e. The van der Waals surface area contributed by atoms with Crippen LogP contribution in [0, 0.1) is 0 Å². The van der Waals surface area contributed by atoms with E-state index < -0.39 is 0 Å². The highest BCUT2D eigenvalue weighted by atomic mass is 79.9. The van der Waals surface area contributed by atoms with E-state index in [1.165, 1.54) is 0 Å². The molecule has 0 aromatic carbocycles. The van der Waals surface area contributed by atoms with Crippen molar-refractivity contribution in [3.8, 4) is 0 Å². The van der Waals surface area contributed by atoms with Crippen molar-refractivity contribution in [2.24, 2.45) is 0 Å². The fourth-order valence-corrected chi connectivity index (χ4v) is 3.73. The molecular formula is C13H15BrN2O2. The van der Waals surface area contributed by atoms with Crippen molar-refractivity contribution >= 4 is 15.9 Å². The van der Waals surface area contributed by atoms with Gasteiger partial charge in [0.25, 0.3) is 5.56 Å². The van der Waals surface area contributed by atoms with Gasteiger partial charge in [0.2, 0.25) is 0 Å². The van der Waals surface area contributed by atoms with E-state index in [1.807, 2.05) is 0 Å². The van der Waals surface area contributed by atoms with Crippen molar-refractivity contribution in [3.05, 3.63) is 26.3 Å². The fraction of sp³-hybridized carbons (Fsp3) is 0.692. The van der Waals surface area contributed by atoms with Crippen LogP contribution in [0.1, 0.15) is 55.5 Å². The van der Waals surface area contributed by atoms with Crippen molar-refractivity contribution in [1.82, 2.24) is 9.97 Å². The Labute approximate surface area is 113 Å². The van der Waals surface area contributed by atoms with Gasteiger partial charge in [-0.1, -0.05) is 0 Å². The molecule has 0 amide bonds. The lowest BCUT2D eigenvalue weighted by Crippen LogP contribution is -2.23. The summed E-state index contributed by atoms with van der Waals surface area (Å²) in [6.45, 7) is 0. The topological polar surface area (TPSA) is 55.0 Å². The van der Waals surface area contributed by atoms with Crippen molar-refractivity contribution in [2.75, 3.05) is 0 Å². The molecule has 5 heteroatoms. The van der Waals surface area contributed by atoms with Gasteiger partial charge in [-0.2, -0.15) is 0 Å². The van der Waals surface area contributed by atoms with Crippen LogP contribution in [0.3, 0.4) is 0 Å². The van der Waals surface area contributed by atoms with Gasteiger partial charge in [0.05, 0.1) is 17.9 Å². The van der Waals surface area contributed by atoms with E-state index in [0.717, 1.165) is 43.6 Å². The van der Waals surface area contributed by atoms with Crippen LogP contribution in [0.2, 0.25) is 0 Å². The fourth-order valence-electron chi connectivity index (χ4n) is 3.22. The van der Waals surface area contributed by atoms with Crippen LogP contribution in [0.15, 0.2) is 9.27 Å². The molecule has 3 fully saturated rings. The number of aromatic nitrogens is 2. The molecule has 0 spiro atoms. The smallest absolute Gasteiger partial charge is 0.265 e. The Balaban J connectivity index is 1.74. The molecule has 3 heterocycles. The van der Waals surface area contributed by atoms with Crippen molar-refractivity contribution in [2.45, 2.75) is 56.1 Å². The van der Waals surface area contributed by atoms with Gasteiger partial charge in [0, 0.05) is 11.8 Å². The molecule has 1 saturated carbocycles. The highest BCUT2D eigenvalue weighted by molar-refractivity contribution is 9.10. The lowest BCUT2D eigenvalue weighted by atomic mass is 9.88. The minimum atomic E-state index is -0.0373. The second-order valence-electron chi connectivity index (χ2n) is 5.64. The lowest BCUT2D eigenvalue weighted by Gasteiger charge is -2.18. The number of nitrogens with zero attached hydrogens (tertiary/aromatic N) is 1. The summed E-state index contributed by atoms with van der Waals surface area (Å²) < 4.78 is 6.47. The predicted octanol–water partition coefficient (Wildman–Crippen LogP) is 2.44. The van der Waals surface area contributed by atoms with Gasteiger partial charge in [0.1, 0.15) is 10.3 Å². The first-order chi connectivity index (χ1) is 8.72. The Morgan fingerprint density at radius 2 is 2.11 bits per heavy atom. The molecule has 3 aliphatic rings. The molecule has 96 valence electrons. The van der Waals surface area contributed by atoms with Gasteiger partial charge in [-0.15, -0.1) is 0 Å². The van der Waals surface area contributed by atoms with Gasteiger partial charge in [0.15, 0.2) is 0 Å². The maximum Gasteiger partial charge on any atom is 0.265 e. The van der Waals surface area contributed by atoms with Crippen LogP contribution < -0.4 is 5.56 Å². The number of hydrogen-bond donors (Lipinski definition) is 1. The van der Waals surface area contributed by atoms with E-state index in [0.29, 0.717) is 22.4 Å². The second kappa shape index (κ2) is 3.90. The molecule has 4 rings (SSSR count). The number of H-pyrrole nitrogens is 1. The molecule has 4 nitrogen and oxygen atoms in total. The predicted molar refractivity (Wildman–Crippen MR) is 69.8 cm³/mol. The Hall–Kier alpha value is -0.680. The zero-order valence-corrected chi connectivity index (χ0v) is 11.6. The number of nitrogens with one attached hydrogen (secondary N) is 1. The molecular weight excluding hydrogens is 296 g/mol. The summed E-state index contributed by atoms with van der Waals surface area (Å²) in [6, 6.07) is 0. The maximum atomic E-state index is 12.0. The van der Waals surface area contributed by atoms with Crippen LogP contribution in [0.25, 0.3) is 0 Å². The Morgan fingerprint density at radius 1 is 1.28 bits per heavy atom. The highest BCUT2D eigenvalue weighted by Crippen LogP contribution is 2.45.